The maximum atomic E-state index is 11.7. The van der Waals surface area contributed by atoms with E-state index in [4.69, 9.17) is 0 Å². The Morgan fingerprint density at radius 1 is 1.47 bits per heavy atom. The molecule has 0 amide bonds. The van der Waals surface area contributed by atoms with Crippen molar-refractivity contribution in [3.05, 3.63) is 29.6 Å². The van der Waals surface area contributed by atoms with E-state index in [2.05, 4.69) is 41.8 Å². The third-order valence-electron chi connectivity index (χ3n) is 2.08. The number of imidazole rings is 1. The quantitative estimate of drug-likeness (QED) is 0.678. The number of nitrogens with zero attached hydrogens (tertiary/aromatic N) is 1. The van der Waals surface area contributed by atoms with Gasteiger partial charge in [-0.1, -0.05) is 31.9 Å². The molecule has 0 bridgehead atoms. The number of alkyl halides is 2. The Bertz CT molecular complexity index is 519. The monoisotopic (exact) mass is 330 g/mol. The van der Waals surface area contributed by atoms with Crippen LogP contribution in [0, 0.1) is 6.92 Å². The third kappa shape index (κ3) is 2.13. The van der Waals surface area contributed by atoms with Crippen LogP contribution in [0.15, 0.2) is 18.2 Å². The summed E-state index contributed by atoms with van der Waals surface area (Å²) in [4.78, 5) is 19.0. The number of nitrogens with one attached hydrogen (secondary N) is 1. The molecule has 0 unspecified atom stereocenters. The Labute approximate surface area is 104 Å². The normalized spacial score (nSPS) is 11.2. The van der Waals surface area contributed by atoms with E-state index in [9.17, 15) is 4.79 Å². The van der Waals surface area contributed by atoms with Crippen LogP contribution in [0.1, 0.15) is 16.2 Å². The number of aromatic amines is 1. The van der Waals surface area contributed by atoms with Crippen molar-refractivity contribution in [1.29, 1.82) is 0 Å². The first kappa shape index (κ1) is 10.8. The van der Waals surface area contributed by atoms with Crippen molar-refractivity contribution in [3.8, 4) is 0 Å². The molecule has 0 radical (unpaired) electrons. The highest BCUT2D eigenvalue weighted by Gasteiger charge is 2.14. The van der Waals surface area contributed by atoms with Gasteiger partial charge in [-0.3, -0.25) is 4.79 Å². The van der Waals surface area contributed by atoms with Crippen molar-refractivity contribution < 1.29 is 4.79 Å². The van der Waals surface area contributed by atoms with E-state index in [1.54, 1.807) is 6.07 Å². The molecule has 0 saturated heterocycles. The summed E-state index contributed by atoms with van der Waals surface area (Å²) in [6.45, 7) is 1.89. The Balaban J connectivity index is 2.51. The molecular formula is C10H8Br2N2O. The van der Waals surface area contributed by atoms with Crippen LogP contribution >= 0.6 is 31.9 Å². The highest BCUT2D eigenvalue weighted by atomic mass is 79.9. The van der Waals surface area contributed by atoms with Crippen molar-refractivity contribution in [2.75, 3.05) is 0 Å². The molecule has 78 valence electrons. The van der Waals surface area contributed by atoms with Gasteiger partial charge >= 0.3 is 0 Å². The summed E-state index contributed by atoms with van der Waals surface area (Å²) in [6, 6.07) is 5.43. The maximum absolute atomic E-state index is 11.7. The summed E-state index contributed by atoms with van der Waals surface area (Å²) < 4.78 is -0.341. The second kappa shape index (κ2) is 4.06. The maximum Gasteiger partial charge on any atom is 0.187 e. The lowest BCUT2D eigenvalue weighted by Crippen LogP contribution is -2.06. The minimum Gasteiger partial charge on any atom is -0.342 e. The van der Waals surface area contributed by atoms with Crippen molar-refractivity contribution in [3.63, 3.8) is 0 Å². The number of aromatic nitrogens is 2. The molecule has 0 fully saturated rings. The zero-order valence-corrected chi connectivity index (χ0v) is 11.1. The molecule has 1 aromatic carbocycles. The van der Waals surface area contributed by atoms with E-state index < -0.39 is 0 Å². The summed E-state index contributed by atoms with van der Waals surface area (Å²) in [7, 11) is 0. The van der Waals surface area contributed by atoms with Gasteiger partial charge < -0.3 is 4.98 Å². The Morgan fingerprint density at radius 3 is 2.87 bits per heavy atom. The molecule has 2 aromatic rings. The molecule has 1 aromatic heterocycles. The van der Waals surface area contributed by atoms with Crippen LogP contribution in [0.25, 0.3) is 11.0 Å². The van der Waals surface area contributed by atoms with E-state index >= 15 is 0 Å². The number of rotatable bonds is 2. The second-order valence-corrected chi connectivity index (χ2v) is 6.28. The number of halogens is 2. The van der Waals surface area contributed by atoms with Gasteiger partial charge in [-0.15, -0.1) is 0 Å². The standard InChI is InChI=1S/C10H8Br2N2O/c1-5-13-7-3-2-6(4-8(7)14-5)9(15)10(11)12/h2-4,10H,1H3,(H,13,14). The molecule has 5 heteroatoms. The van der Waals surface area contributed by atoms with Gasteiger partial charge in [0.15, 0.2) is 5.78 Å². The lowest BCUT2D eigenvalue weighted by Gasteiger charge is -2.00. The van der Waals surface area contributed by atoms with Gasteiger partial charge in [0.1, 0.15) is 9.56 Å². The fourth-order valence-corrected chi connectivity index (χ4v) is 1.95. The third-order valence-corrected chi connectivity index (χ3v) is 2.91. The molecule has 0 saturated carbocycles. The predicted molar refractivity (Wildman–Crippen MR) is 66.8 cm³/mol. The Morgan fingerprint density at radius 2 is 2.20 bits per heavy atom. The van der Waals surface area contributed by atoms with Crippen LogP contribution in [0.4, 0.5) is 0 Å². The van der Waals surface area contributed by atoms with Gasteiger partial charge in [-0.2, -0.15) is 0 Å². The van der Waals surface area contributed by atoms with E-state index in [1.807, 2.05) is 19.1 Å². The van der Waals surface area contributed by atoms with Gasteiger partial charge in [0.05, 0.1) is 11.0 Å². The van der Waals surface area contributed by atoms with Crippen LogP contribution in [-0.2, 0) is 0 Å². The van der Waals surface area contributed by atoms with E-state index in [0.717, 1.165) is 16.9 Å². The van der Waals surface area contributed by atoms with Crippen LogP contribution < -0.4 is 0 Å². The number of fused-ring (bicyclic) bond motifs is 1. The highest BCUT2D eigenvalue weighted by Crippen LogP contribution is 2.19. The number of carbonyl (C=O) groups excluding carboxylic acids is 1. The fraction of sp³-hybridized carbons (Fsp3) is 0.200. The van der Waals surface area contributed by atoms with Crippen molar-refractivity contribution in [2.45, 2.75) is 10.7 Å². The van der Waals surface area contributed by atoms with Gasteiger partial charge in [-0.05, 0) is 25.1 Å². The molecule has 0 aliphatic carbocycles. The molecule has 0 aliphatic rings. The smallest absolute Gasteiger partial charge is 0.187 e. The van der Waals surface area contributed by atoms with Crippen LogP contribution in [0.3, 0.4) is 0 Å². The van der Waals surface area contributed by atoms with Gasteiger partial charge in [0.25, 0.3) is 0 Å². The van der Waals surface area contributed by atoms with Crippen LogP contribution in [-0.4, -0.2) is 19.5 Å². The first-order valence-electron chi connectivity index (χ1n) is 4.36. The van der Waals surface area contributed by atoms with Gasteiger partial charge in [-0.25, -0.2) is 4.98 Å². The largest absolute Gasteiger partial charge is 0.342 e. The number of Topliss-reactive ketones (excluding diaryl/α,β-unsaturated/α-hetero) is 1. The average Bonchev–Trinajstić information content (AvgIpc) is 2.55. The Hall–Kier alpha value is -0.680. The first-order chi connectivity index (χ1) is 7.08. The number of carbonyl (C=O) groups is 1. The molecule has 3 nitrogen and oxygen atoms in total. The number of H-pyrrole nitrogens is 1. The molecule has 2 rings (SSSR count). The van der Waals surface area contributed by atoms with Crippen molar-refractivity contribution in [2.24, 2.45) is 0 Å². The highest BCUT2D eigenvalue weighted by molar-refractivity contribution is 9.25. The number of hydrogen-bond acceptors (Lipinski definition) is 2. The van der Waals surface area contributed by atoms with Gasteiger partial charge in [0, 0.05) is 5.56 Å². The van der Waals surface area contributed by atoms with Crippen molar-refractivity contribution in [1.82, 2.24) is 9.97 Å². The van der Waals surface area contributed by atoms with E-state index in [-0.39, 0.29) is 9.52 Å². The number of hydrogen-bond donors (Lipinski definition) is 1. The minimum absolute atomic E-state index is 0.00385. The zero-order chi connectivity index (χ0) is 11.0. The second-order valence-electron chi connectivity index (χ2n) is 3.22. The lowest BCUT2D eigenvalue weighted by molar-refractivity contribution is 0.101. The number of aryl methyl sites for hydroxylation is 1. The number of ketones is 1. The zero-order valence-electron chi connectivity index (χ0n) is 7.92. The average molecular weight is 332 g/mol. The summed E-state index contributed by atoms with van der Waals surface area (Å²) in [5, 5.41) is 0. The van der Waals surface area contributed by atoms with Crippen molar-refractivity contribution >= 4 is 48.7 Å². The summed E-state index contributed by atoms with van der Waals surface area (Å²) in [5.74, 6) is 0.855. The predicted octanol–water partition coefficient (Wildman–Crippen LogP) is 3.17. The van der Waals surface area contributed by atoms with Crippen LogP contribution in [0.5, 0.6) is 0 Å². The van der Waals surface area contributed by atoms with Gasteiger partial charge in [0.2, 0.25) is 0 Å². The fourth-order valence-electron chi connectivity index (χ4n) is 1.42. The topological polar surface area (TPSA) is 45.8 Å². The first-order valence-corrected chi connectivity index (χ1v) is 6.20. The molecular weight excluding hydrogens is 324 g/mol. The molecule has 1 heterocycles. The summed E-state index contributed by atoms with van der Waals surface area (Å²) in [6.07, 6.45) is 0. The Kier molecular flexibility index (Phi) is 2.93. The summed E-state index contributed by atoms with van der Waals surface area (Å²) >= 11 is 6.37. The SMILES string of the molecule is Cc1nc2ccc(C(=O)C(Br)Br)cc2[nH]1. The minimum atomic E-state index is -0.341. The molecule has 15 heavy (non-hydrogen) atoms. The van der Waals surface area contributed by atoms with E-state index in [1.165, 1.54) is 0 Å². The lowest BCUT2D eigenvalue weighted by atomic mass is 10.1. The molecule has 0 atom stereocenters. The number of benzene rings is 1. The van der Waals surface area contributed by atoms with Crippen LogP contribution in [0.2, 0.25) is 0 Å². The molecule has 0 spiro atoms. The molecule has 0 aliphatic heterocycles. The molecule has 1 N–H and O–H groups in total. The van der Waals surface area contributed by atoms with E-state index in [0.29, 0.717) is 5.56 Å². The summed E-state index contributed by atoms with van der Waals surface area (Å²) in [5.41, 5.74) is 2.42.